The number of anilines is 1. The summed E-state index contributed by atoms with van der Waals surface area (Å²) >= 11 is 9.05. The lowest BCUT2D eigenvalue weighted by Gasteiger charge is -2.21. The van der Waals surface area contributed by atoms with E-state index in [1.807, 2.05) is 43.3 Å². The van der Waals surface area contributed by atoms with Crippen LogP contribution in [0.2, 0.25) is 5.02 Å². The summed E-state index contributed by atoms with van der Waals surface area (Å²) in [4.78, 5) is 22.8. The summed E-state index contributed by atoms with van der Waals surface area (Å²) in [6.07, 6.45) is 0. The van der Waals surface area contributed by atoms with Crippen LogP contribution in [-0.2, 0) is 4.79 Å². The first-order chi connectivity index (χ1) is 13.3. The molecule has 0 radical (unpaired) electrons. The summed E-state index contributed by atoms with van der Waals surface area (Å²) in [6.45, 7) is 5.56. The van der Waals surface area contributed by atoms with Crippen molar-refractivity contribution in [3.8, 4) is 0 Å². The van der Waals surface area contributed by atoms with Crippen molar-refractivity contribution < 1.29 is 4.79 Å². The summed E-state index contributed by atoms with van der Waals surface area (Å²) in [5.74, 6) is 0.429. The van der Waals surface area contributed by atoms with Crippen LogP contribution in [0.4, 0.5) is 5.13 Å². The van der Waals surface area contributed by atoms with Crippen molar-refractivity contribution in [1.82, 2.24) is 9.88 Å². The van der Waals surface area contributed by atoms with Crippen LogP contribution in [0.3, 0.4) is 0 Å². The van der Waals surface area contributed by atoms with Gasteiger partial charge in [0.2, 0.25) is 5.91 Å². The molecule has 2 aromatic carbocycles. The largest absolute Gasteiger partial charge is 0.308 e. The zero-order chi connectivity index (χ0) is 20.3. The SMILES string of the molecule is Cc1cc(C)c2nc(N(CCN(C)C)C(=O)CSc3ccc(Cl)cc3)sc2c1. The zero-order valence-corrected chi connectivity index (χ0v) is 18.9. The van der Waals surface area contributed by atoms with Gasteiger partial charge in [-0.05, 0) is 69.4 Å². The standard InChI is InChI=1S/C21H24ClN3OS2/c1-14-11-15(2)20-18(12-14)28-21(23-20)25(10-9-24(3)4)19(26)13-27-17-7-5-16(22)6-8-17/h5-8,11-12H,9-10,13H2,1-4H3. The molecule has 28 heavy (non-hydrogen) atoms. The van der Waals surface area contributed by atoms with Crippen LogP contribution in [0.5, 0.6) is 0 Å². The van der Waals surface area contributed by atoms with E-state index in [0.717, 1.165) is 32.4 Å². The molecule has 0 aliphatic heterocycles. The highest BCUT2D eigenvalue weighted by Crippen LogP contribution is 2.32. The molecule has 3 aromatic rings. The predicted octanol–water partition coefficient (Wildman–Crippen LogP) is 5.25. The van der Waals surface area contributed by atoms with Crippen molar-refractivity contribution in [2.45, 2.75) is 18.7 Å². The van der Waals surface area contributed by atoms with Crippen LogP contribution in [0.25, 0.3) is 10.2 Å². The molecule has 0 spiro atoms. The fraction of sp³-hybridized carbons (Fsp3) is 0.333. The lowest BCUT2D eigenvalue weighted by molar-refractivity contribution is -0.116. The van der Waals surface area contributed by atoms with Gasteiger partial charge >= 0.3 is 0 Å². The van der Waals surface area contributed by atoms with Gasteiger partial charge in [-0.25, -0.2) is 4.98 Å². The van der Waals surface area contributed by atoms with E-state index in [2.05, 4.69) is 30.9 Å². The number of hydrogen-bond donors (Lipinski definition) is 0. The van der Waals surface area contributed by atoms with E-state index in [9.17, 15) is 4.79 Å². The van der Waals surface area contributed by atoms with E-state index < -0.39 is 0 Å². The van der Waals surface area contributed by atoms with E-state index >= 15 is 0 Å². The van der Waals surface area contributed by atoms with Gasteiger partial charge in [0.1, 0.15) is 0 Å². The lowest BCUT2D eigenvalue weighted by atomic mass is 10.1. The van der Waals surface area contributed by atoms with Gasteiger partial charge in [-0.3, -0.25) is 9.69 Å². The monoisotopic (exact) mass is 433 g/mol. The van der Waals surface area contributed by atoms with E-state index in [4.69, 9.17) is 16.6 Å². The number of amides is 1. The number of rotatable bonds is 7. The second kappa shape index (κ2) is 9.27. The number of likely N-dealkylation sites (N-methyl/N-ethyl adjacent to an activating group) is 1. The Hall–Kier alpha value is -1.60. The third-order valence-electron chi connectivity index (χ3n) is 4.30. The van der Waals surface area contributed by atoms with Crippen molar-refractivity contribution in [2.24, 2.45) is 0 Å². The van der Waals surface area contributed by atoms with E-state index in [-0.39, 0.29) is 5.91 Å². The smallest absolute Gasteiger partial charge is 0.239 e. The molecular formula is C21H24ClN3OS2. The van der Waals surface area contributed by atoms with Gasteiger partial charge in [0.25, 0.3) is 0 Å². The van der Waals surface area contributed by atoms with Crippen LogP contribution >= 0.6 is 34.7 Å². The highest BCUT2D eigenvalue weighted by Gasteiger charge is 2.20. The Morgan fingerprint density at radius 3 is 2.54 bits per heavy atom. The van der Waals surface area contributed by atoms with Gasteiger partial charge in [0, 0.05) is 23.0 Å². The van der Waals surface area contributed by atoms with Crippen LogP contribution in [0, 0.1) is 13.8 Å². The molecule has 7 heteroatoms. The van der Waals surface area contributed by atoms with Gasteiger partial charge in [-0.2, -0.15) is 0 Å². The summed E-state index contributed by atoms with van der Waals surface area (Å²) in [7, 11) is 4.02. The lowest BCUT2D eigenvalue weighted by Crippen LogP contribution is -2.37. The fourth-order valence-corrected chi connectivity index (χ4v) is 4.94. The molecule has 0 unspecified atom stereocenters. The molecule has 0 saturated carbocycles. The van der Waals surface area contributed by atoms with E-state index in [1.54, 1.807) is 11.3 Å². The summed E-state index contributed by atoms with van der Waals surface area (Å²) in [5, 5.41) is 1.47. The molecule has 0 bridgehead atoms. The molecule has 0 aliphatic rings. The number of fused-ring (bicyclic) bond motifs is 1. The molecule has 0 fully saturated rings. The van der Waals surface area contributed by atoms with Crippen molar-refractivity contribution in [2.75, 3.05) is 37.8 Å². The van der Waals surface area contributed by atoms with Crippen LogP contribution < -0.4 is 4.90 Å². The van der Waals surface area contributed by atoms with E-state index in [1.165, 1.54) is 17.3 Å². The summed E-state index contributed by atoms with van der Waals surface area (Å²) in [5.41, 5.74) is 3.34. The van der Waals surface area contributed by atoms with E-state index in [0.29, 0.717) is 17.3 Å². The molecule has 0 aliphatic carbocycles. The first-order valence-electron chi connectivity index (χ1n) is 9.05. The minimum atomic E-state index is 0.0650. The number of hydrogen-bond acceptors (Lipinski definition) is 5. The Morgan fingerprint density at radius 2 is 1.86 bits per heavy atom. The molecule has 0 saturated heterocycles. The number of benzene rings is 2. The van der Waals surface area contributed by atoms with Crippen LogP contribution in [0.1, 0.15) is 11.1 Å². The molecular weight excluding hydrogens is 410 g/mol. The zero-order valence-electron chi connectivity index (χ0n) is 16.5. The molecule has 0 N–H and O–H groups in total. The highest BCUT2D eigenvalue weighted by molar-refractivity contribution is 8.00. The number of thiazole rings is 1. The summed E-state index contributed by atoms with van der Waals surface area (Å²) < 4.78 is 1.13. The number of aryl methyl sites for hydroxylation is 2. The molecule has 1 amide bonds. The van der Waals surface area contributed by atoms with Crippen molar-refractivity contribution in [3.63, 3.8) is 0 Å². The van der Waals surface area contributed by atoms with Crippen LogP contribution in [0.15, 0.2) is 41.3 Å². The maximum atomic E-state index is 13.1. The topological polar surface area (TPSA) is 36.4 Å². The maximum absolute atomic E-state index is 13.1. The Labute approximate surface area is 179 Å². The maximum Gasteiger partial charge on any atom is 0.239 e. The first-order valence-corrected chi connectivity index (χ1v) is 11.2. The average Bonchev–Trinajstić information content (AvgIpc) is 3.05. The van der Waals surface area contributed by atoms with Gasteiger partial charge in [-0.15, -0.1) is 11.8 Å². The van der Waals surface area contributed by atoms with Crippen LogP contribution in [-0.4, -0.2) is 48.7 Å². The summed E-state index contributed by atoms with van der Waals surface area (Å²) in [6, 6.07) is 11.8. The normalized spacial score (nSPS) is 11.4. The fourth-order valence-electron chi connectivity index (χ4n) is 2.86. The number of carbonyl (C=O) groups is 1. The minimum absolute atomic E-state index is 0.0650. The van der Waals surface area contributed by atoms with Crippen molar-refractivity contribution in [1.29, 1.82) is 0 Å². The number of halogens is 1. The average molecular weight is 434 g/mol. The minimum Gasteiger partial charge on any atom is -0.308 e. The third-order valence-corrected chi connectivity index (χ3v) is 6.57. The molecule has 148 valence electrons. The van der Waals surface area contributed by atoms with Crippen molar-refractivity contribution in [3.05, 3.63) is 52.5 Å². The Bertz CT molecular complexity index is 970. The highest BCUT2D eigenvalue weighted by atomic mass is 35.5. The number of carbonyl (C=O) groups excluding carboxylic acids is 1. The Morgan fingerprint density at radius 1 is 1.14 bits per heavy atom. The number of aromatic nitrogens is 1. The van der Waals surface area contributed by atoms with Gasteiger partial charge in [0.05, 0.1) is 16.0 Å². The van der Waals surface area contributed by atoms with Gasteiger partial charge in [0.15, 0.2) is 5.13 Å². The second-order valence-electron chi connectivity index (χ2n) is 7.02. The quantitative estimate of drug-likeness (QED) is 0.476. The van der Waals surface area contributed by atoms with Gasteiger partial charge < -0.3 is 4.90 Å². The molecule has 1 heterocycles. The third kappa shape index (κ3) is 5.26. The molecule has 3 rings (SSSR count). The predicted molar refractivity (Wildman–Crippen MR) is 122 cm³/mol. The molecule has 4 nitrogen and oxygen atoms in total. The Kier molecular flexibility index (Phi) is 6.99. The number of nitrogens with zero attached hydrogens (tertiary/aromatic N) is 3. The molecule has 0 atom stereocenters. The first kappa shape index (κ1) is 21.1. The molecule has 1 aromatic heterocycles. The number of thioether (sulfide) groups is 1. The Balaban J connectivity index is 1.82. The second-order valence-corrected chi connectivity index (χ2v) is 9.51. The van der Waals surface area contributed by atoms with Crippen molar-refractivity contribution >= 4 is 56.0 Å². The van der Waals surface area contributed by atoms with Gasteiger partial charge in [-0.1, -0.05) is 29.0 Å².